The maximum Gasteiger partial charge on any atom is 0.417 e. The number of thioether (sulfide) groups is 1. The molecule has 2 fully saturated rings. The van der Waals surface area contributed by atoms with E-state index in [-0.39, 0.29) is 16.6 Å². The lowest BCUT2D eigenvalue weighted by molar-refractivity contribution is -0.139. The maximum atomic E-state index is 14.0. The Hall–Kier alpha value is -2.93. The summed E-state index contributed by atoms with van der Waals surface area (Å²) in [5, 5.41) is 19.3. The molecule has 0 saturated carbocycles. The molecular formula is C32H39F3N6O2S. The number of nitrogens with one attached hydrogen (secondary N) is 1. The van der Waals surface area contributed by atoms with Crippen LogP contribution in [0.2, 0.25) is 0 Å². The topological polar surface area (TPSA) is 86.5 Å². The number of fused-ring (bicyclic) bond motifs is 1. The van der Waals surface area contributed by atoms with Gasteiger partial charge in [-0.05, 0) is 63.0 Å². The summed E-state index contributed by atoms with van der Waals surface area (Å²) >= 11 is 0.940. The van der Waals surface area contributed by atoms with Crippen molar-refractivity contribution in [1.82, 2.24) is 29.9 Å². The molecule has 1 atom stereocenters. The number of hydrogen-bond acceptors (Lipinski definition) is 7. The van der Waals surface area contributed by atoms with Crippen LogP contribution in [0.15, 0.2) is 47.5 Å². The second-order valence-corrected chi connectivity index (χ2v) is 13.0. The Balaban J connectivity index is 1.17. The standard InChI is InChI=1S/C32H39F3N6O2S/c33-32(34,35)26-7-6-23(17-29(26)44-21-30(43)40-13-3-4-14-40)31-25-18-36-12-8-28(25)41(38-31)20-24(42)19-39-15-9-22(10-16-39)27-5-1-2-11-37-27/h1-2,5-7,11,17,22,24,36,42H,3-4,8-10,12-16,18-21H2. The molecule has 1 unspecified atom stereocenters. The van der Waals surface area contributed by atoms with E-state index in [1.807, 2.05) is 23.0 Å². The van der Waals surface area contributed by atoms with Crippen molar-refractivity contribution < 1.29 is 23.1 Å². The third-order valence-electron chi connectivity index (χ3n) is 8.92. The summed E-state index contributed by atoms with van der Waals surface area (Å²) in [4.78, 5) is 21.2. The second kappa shape index (κ2) is 13.6. The van der Waals surface area contributed by atoms with Gasteiger partial charge in [0.25, 0.3) is 0 Å². The molecule has 3 aliphatic rings. The molecule has 1 aromatic carbocycles. The van der Waals surface area contributed by atoms with Gasteiger partial charge in [-0.25, -0.2) is 0 Å². The first kappa shape index (κ1) is 31.1. The summed E-state index contributed by atoms with van der Waals surface area (Å²) in [6, 6.07) is 10.1. The molecule has 3 aromatic rings. The molecular weight excluding hydrogens is 589 g/mol. The molecule has 44 heavy (non-hydrogen) atoms. The molecule has 5 heterocycles. The summed E-state index contributed by atoms with van der Waals surface area (Å²) in [5.41, 5.74) is 3.54. The number of carbonyl (C=O) groups excluding carboxylic acids is 1. The van der Waals surface area contributed by atoms with Crippen molar-refractivity contribution in [3.63, 3.8) is 0 Å². The van der Waals surface area contributed by atoms with E-state index in [1.165, 1.54) is 12.1 Å². The fourth-order valence-corrected chi connectivity index (χ4v) is 7.62. The molecule has 12 heteroatoms. The monoisotopic (exact) mass is 628 g/mol. The van der Waals surface area contributed by atoms with Crippen molar-refractivity contribution in [2.45, 2.75) is 68.3 Å². The largest absolute Gasteiger partial charge is 0.417 e. The Morgan fingerprint density at radius 2 is 1.89 bits per heavy atom. The van der Waals surface area contributed by atoms with Crippen LogP contribution in [0.1, 0.15) is 54.1 Å². The predicted molar refractivity (Wildman–Crippen MR) is 163 cm³/mol. The summed E-state index contributed by atoms with van der Waals surface area (Å²) in [6.07, 6.45) is 1.24. The minimum Gasteiger partial charge on any atom is -0.390 e. The lowest BCUT2D eigenvalue weighted by Crippen LogP contribution is -2.40. The van der Waals surface area contributed by atoms with Crippen molar-refractivity contribution in [3.8, 4) is 11.3 Å². The lowest BCUT2D eigenvalue weighted by Gasteiger charge is -2.33. The van der Waals surface area contributed by atoms with Gasteiger partial charge >= 0.3 is 6.18 Å². The number of carbonyl (C=O) groups is 1. The molecule has 0 bridgehead atoms. The van der Waals surface area contributed by atoms with Crippen LogP contribution in [0, 0.1) is 0 Å². The number of halogens is 3. The number of likely N-dealkylation sites (tertiary alicyclic amines) is 2. The molecule has 0 spiro atoms. The summed E-state index contributed by atoms with van der Waals surface area (Å²) in [7, 11) is 0. The van der Waals surface area contributed by atoms with E-state index >= 15 is 0 Å². The van der Waals surface area contributed by atoms with Gasteiger partial charge < -0.3 is 20.2 Å². The van der Waals surface area contributed by atoms with Crippen molar-refractivity contribution >= 4 is 17.7 Å². The average Bonchev–Trinajstić information content (AvgIpc) is 3.69. The van der Waals surface area contributed by atoms with E-state index in [0.717, 1.165) is 86.5 Å². The van der Waals surface area contributed by atoms with Crippen LogP contribution >= 0.6 is 11.8 Å². The fourth-order valence-electron chi connectivity index (χ4n) is 6.61. The Bertz CT molecular complexity index is 1440. The number of aliphatic hydroxyl groups is 1. The van der Waals surface area contributed by atoms with Crippen LogP contribution < -0.4 is 5.32 Å². The molecule has 2 N–H and O–H groups in total. The van der Waals surface area contributed by atoms with Gasteiger partial charge in [-0.1, -0.05) is 12.1 Å². The quantitative estimate of drug-likeness (QED) is 0.336. The Morgan fingerprint density at radius 3 is 2.61 bits per heavy atom. The second-order valence-electron chi connectivity index (χ2n) is 12.0. The van der Waals surface area contributed by atoms with Crippen LogP contribution in [-0.2, 0) is 30.5 Å². The van der Waals surface area contributed by atoms with Gasteiger partial charge in [0.1, 0.15) is 0 Å². The van der Waals surface area contributed by atoms with Crippen molar-refractivity contribution in [1.29, 1.82) is 0 Å². The number of amides is 1. The number of alkyl halides is 3. The van der Waals surface area contributed by atoms with Gasteiger partial charge in [0, 0.05) is 78.7 Å². The van der Waals surface area contributed by atoms with E-state index in [1.54, 1.807) is 4.90 Å². The molecule has 3 aliphatic heterocycles. The maximum absolute atomic E-state index is 14.0. The molecule has 0 aliphatic carbocycles. The lowest BCUT2D eigenvalue weighted by atomic mass is 9.93. The van der Waals surface area contributed by atoms with Crippen LogP contribution in [0.5, 0.6) is 0 Å². The Labute approximate surface area is 260 Å². The van der Waals surface area contributed by atoms with Crippen LogP contribution in [0.25, 0.3) is 11.3 Å². The van der Waals surface area contributed by atoms with Crippen molar-refractivity contribution in [2.24, 2.45) is 0 Å². The van der Waals surface area contributed by atoms with E-state index in [2.05, 4.69) is 21.3 Å². The highest BCUT2D eigenvalue weighted by atomic mass is 32.2. The zero-order chi connectivity index (χ0) is 30.7. The number of aromatic nitrogens is 3. The highest BCUT2D eigenvalue weighted by Crippen LogP contribution is 2.40. The van der Waals surface area contributed by atoms with E-state index < -0.39 is 17.8 Å². The smallest absolute Gasteiger partial charge is 0.390 e. The molecule has 1 amide bonds. The van der Waals surface area contributed by atoms with E-state index in [0.29, 0.717) is 49.9 Å². The summed E-state index contributed by atoms with van der Waals surface area (Å²) < 4.78 is 43.7. The number of rotatable bonds is 9. The zero-order valence-electron chi connectivity index (χ0n) is 24.7. The minimum atomic E-state index is -4.53. The van der Waals surface area contributed by atoms with Gasteiger partial charge in [0.05, 0.1) is 29.7 Å². The third-order valence-corrected chi connectivity index (χ3v) is 9.96. The van der Waals surface area contributed by atoms with E-state index in [9.17, 15) is 23.1 Å². The predicted octanol–water partition coefficient (Wildman–Crippen LogP) is 4.56. The highest BCUT2D eigenvalue weighted by Gasteiger charge is 2.35. The fraction of sp³-hybridized carbons (Fsp3) is 0.531. The Morgan fingerprint density at radius 1 is 1.09 bits per heavy atom. The molecule has 0 radical (unpaired) electrons. The van der Waals surface area contributed by atoms with Gasteiger partial charge in [0.2, 0.25) is 5.91 Å². The van der Waals surface area contributed by atoms with Crippen LogP contribution in [-0.4, -0.2) is 86.7 Å². The first-order valence-corrected chi connectivity index (χ1v) is 16.5. The molecule has 2 saturated heterocycles. The van der Waals surface area contributed by atoms with Crippen LogP contribution in [0.4, 0.5) is 13.2 Å². The summed E-state index contributed by atoms with van der Waals surface area (Å²) in [6.45, 7) is 5.27. The van der Waals surface area contributed by atoms with Crippen molar-refractivity contribution in [3.05, 3.63) is 65.1 Å². The van der Waals surface area contributed by atoms with E-state index in [4.69, 9.17) is 5.10 Å². The van der Waals surface area contributed by atoms with Gasteiger partial charge in [-0.2, -0.15) is 18.3 Å². The summed E-state index contributed by atoms with van der Waals surface area (Å²) in [5.74, 6) is 0.265. The van der Waals surface area contributed by atoms with Crippen molar-refractivity contribution in [2.75, 3.05) is 45.0 Å². The average molecular weight is 629 g/mol. The number of pyridine rings is 1. The number of piperidine rings is 1. The number of β-amino-alcohol motifs (C(OH)–C–C–N with tert-alkyl or cyclic N) is 1. The minimum absolute atomic E-state index is 0.0313. The SMILES string of the molecule is O=C(CSc1cc(-c2nn(CC(O)CN3CCC(c4ccccn4)CC3)c3c2CNCC3)ccc1C(F)(F)F)N1CCCC1. The van der Waals surface area contributed by atoms with Crippen LogP contribution in [0.3, 0.4) is 0 Å². The van der Waals surface area contributed by atoms with Gasteiger partial charge in [-0.3, -0.25) is 14.5 Å². The molecule has 8 nitrogen and oxygen atoms in total. The third kappa shape index (κ3) is 7.14. The first-order chi connectivity index (χ1) is 21.3. The number of hydrogen-bond donors (Lipinski definition) is 2. The highest BCUT2D eigenvalue weighted by molar-refractivity contribution is 8.00. The normalized spacial score (nSPS) is 18.9. The number of nitrogens with zero attached hydrogens (tertiary/aromatic N) is 5. The first-order valence-electron chi connectivity index (χ1n) is 15.5. The Kier molecular flexibility index (Phi) is 9.60. The number of benzene rings is 1. The number of aliphatic hydroxyl groups excluding tert-OH is 1. The molecule has 236 valence electrons. The molecule has 6 rings (SSSR count). The van der Waals surface area contributed by atoms with Gasteiger partial charge in [0.15, 0.2) is 0 Å². The zero-order valence-corrected chi connectivity index (χ0v) is 25.5. The van der Waals surface area contributed by atoms with Gasteiger partial charge in [-0.15, -0.1) is 11.8 Å². The molecule has 2 aromatic heterocycles.